The summed E-state index contributed by atoms with van der Waals surface area (Å²) in [6.45, 7) is 0.496. The highest BCUT2D eigenvalue weighted by atomic mass is 16.2. The van der Waals surface area contributed by atoms with Crippen molar-refractivity contribution in [2.45, 2.75) is 6.42 Å². The van der Waals surface area contributed by atoms with E-state index in [1.54, 1.807) is 12.5 Å². The van der Waals surface area contributed by atoms with Gasteiger partial charge >= 0.3 is 0 Å². The standard InChI is InChI=1S/C7H9N7O/c15-7(6-11-13-14-12-6)9-2-1-5-3-8-4-10-5/h3-4H,1-2H2,(H,8,10)(H,9,15)(H,11,12,13,14). The van der Waals surface area contributed by atoms with Crippen LogP contribution in [0.3, 0.4) is 0 Å². The largest absolute Gasteiger partial charge is 0.349 e. The minimum atomic E-state index is -0.344. The molecule has 1 amide bonds. The zero-order valence-electron chi connectivity index (χ0n) is 7.77. The van der Waals surface area contributed by atoms with E-state index in [0.717, 1.165) is 5.69 Å². The molecule has 0 unspecified atom stereocenters. The van der Waals surface area contributed by atoms with Gasteiger partial charge in [-0.1, -0.05) is 0 Å². The zero-order valence-corrected chi connectivity index (χ0v) is 7.77. The summed E-state index contributed by atoms with van der Waals surface area (Å²) in [7, 11) is 0. The molecule has 0 aliphatic heterocycles. The molecule has 0 aromatic carbocycles. The van der Waals surface area contributed by atoms with Gasteiger partial charge in [-0.2, -0.15) is 5.21 Å². The Bertz CT molecular complexity index is 406. The van der Waals surface area contributed by atoms with E-state index >= 15 is 0 Å². The molecule has 0 spiro atoms. The van der Waals surface area contributed by atoms with Crippen molar-refractivity contribution in [1.29, 1.82) is 0 Å². The molecule has 0 aliphatic carbocycles. The van der Waals surface area contributed by atoms with Gasteiger partial charge in [-0.25, -0.2) is 4.98 Å². The molecule has 0 saturated carbocycles. The number of tetrazole rings is 1. The third-order valence-electron chi connectivity index (χ3n) is 1.78. The summed E-state index contributed by atoms with van der Waals surface area (Å²) in [5.74, 6) is -0.303. The van der Waals surface area contributed by atoms with Gasteiger partial charge in [0.05, 0.1) is 6.33 Å². The lowest BCUT2D eigenvalue weighted by Gasteiger charge is -1.99. The minimum absolute atomic E-state index is 0.0413. The van der Waals surface area contributed by atoms with Crippen LogP contribution in [-0.2, 0) is 6.42 Å². The van der Waals surface area contributed by atoms with Crippen molar-refractivity contribution < 1.29 is 4.79 Å². The van der Waals surface area contributed by atoms with Crippen molar-refractivity contribution in [2.75, 3.05) is 6.54 Å². The number of aromatic nitrogens is 6. The molecule has 0 bridgehead atoms. The van der Waals surface area contributed by atoms with E-state index in [2.05, 4.69) is 35.9 Å². The summed E-state index contributed by atoms with van der Waals surface area (Å²) < 4.78 is 0. The van der Waals surface area contributed by atoms with Crippen LogP contribution in [0.4, 0.5) is 0 Å². The first-order valence-electron chi connectivity index (χ1n) is 4.35. The Labute approximate surface area is 84.5 Å². The Morgan fingerprint density at radius 2 is 2.47 bits per heavy atom. The van der Waals surface area contributed by atoms with E-state index < -0.39 is 0 Å². The lowest BCUT2D eigenvalue weighted by atomic mass is 10.3. The fourth-order valence-corrected chi connectivity index (χ4v) is 1.07. The predicted molar refractivity (Wildman–Crippen MR) is 48.8 cm³/mol. The first kappa shape index (κ1) is 9.31. The Kier molecular flexibility index (Phi) is 2.68. The number of nitrogens with zero attached hydrogens (tertiary/aromatic N) is 4. The van der Waals surface area contributed by atoms with Crippen LogP contribution in [0.25, 0.3) is 0 Å². The lowest BCUT2D eigenvalue weighted by Crippen LogP contribution is -2.26. The Morgan fingerprint density at radius 1 is 1.53 bits per heavy atom. The smallest absolute Gasteiger partial charge is 0.292 e. The van der Waals surface area contributed by atoms with Gasteiger partial charge in [-0.15, -0.1) is 10.2 Å². The third kappa shape index (κ3) is 2.36. The molecular weight excluding hydrogens is 198 g/mol. The number of nitrogens with one attached hydrogen (secondary N) is 3. The van der Waals surface area contributed by atoms with Crippen LogP contribution < -0.4 is 5.32 Å². The second kappa shape index (κ2) is 4.31. The second-order valence-corrected chi connectivity index (χ2v) is 2.82. The quantitative estimate of drug-likeness (QED) is 0.588. The molecule has 2 heterocycles. The van der Waals surface area contributed by atoms with E-state index in [9.17, 15) is 4.79 Å². The van der Waals surface area contributed by atoms with Crippen LogP contribution in [0.15, 0.2) is 12.5 Å². The first-order chi connectivity index (χ1) is 7.36. The van der Waals surface area contributed by atoms with Crippen molar-refractivity contribution in [3.05, 3.63) is 24.0 Å². The Balaban J connectivity index is 1.77. The predicted octanol–water partition coefficient (Wildman–Crippen LogP) is -1.10. The fraction of sp³-hybridized carbons (Fsp3) is 0.286. The minimum Gasteiger partial charge on any atom is -0.349 e. The van der Waals surface area contributed by atoms with Crippen LogP contribution in [0.5, 0.6) is 0 Å². The molecular formula is C7H9N7O. The molecule has 0 aliphatic rings. The van der Waals surface area contributed by atoms with Gasteiger partial charge in [0.15, 0.2) is 0 Å². The summed E-state index contributed by atoms with van der Waals surface area (Å²) in [4.78, 5) is 18.1. The Morgan fingerprint density at radius 3 is 3.13 bits per heavy atom. The van der Waals surface area contributed by atoms with Crippen molar-refractivity contribution in [2.24, 2.45) is 0 Å². The van der Waals surface area contributed by atoms with Gasteiger partial charge in [0.1, 0.15) is 0 Å². The lowest BCUT2D eigenvalue weighted by molar-refractivity contribution is 0.0944. The van der Waals surface area contributed by atoms with E-state index in [4.69, 9.17) is 0 Å². The average molecular weight is 207 g/mol. The maximum Gasteiger partial charge on any atom is 0.292 e. The van der Waals surface area contributed by atoms with E-state index in [1.165, 1.54) is 0 Å². The second-order valence-electron chi connectivity index (χ2n) is 2.82. The number of H-pyrrole nitrogens is 2. The molecule has 8 nitrogen and oxygen atoms in total. The summed E-state index contributed by atoms with van der Waals surface area (Å²) in [6, 6.07) is 0. The van der Waals surface area contributed by atoms with Crippen LogP contribution in [-0.4, -0.2) is 43.0 Å². The first-order valence-corrected chi connectivity index (χ1v) is 4.35. The molecule has 15 heavy (non-hydrogen) atoms. The normalized spacial score (nSPS) is 10.1. The van der Waals surface area contributed by atoms with Crippen molar-refractivity contribution in [1.82, 2.24) is 35.9 Å². The molecule has 0 fully saturated rings. The molecule has 0 saturated heterocycles. The van der Waals surface area contributed by atoms with Crippen LogP contribution in [0, 0.1) is 0 Å². The highest BCUT2D eigenvalue weighted by Gasteiger charge is 2.09. The third-order valence-corrected chi connectivity index (χ3v) is 1.78. The maximum atomic E-state index is 11.3. The monoisotopic (exact) mass is 207 g/mol. The van der Waals surface area contributed by atoms with Gasteiger partial charge in [0.25, 0.3) is 11.7 Å². The van der Waals surface area contributed by atoms with E-state index in [-0.39, 0.29) is 11.7 Å². The van der Waals surface area contributed by atoms with Crippen LogP contribution in [0.1, 0.15) is 16.3 Å². The number of carbonyl (C=O) groups excluding carboxylic acids is 1. The molecule has 8 heteroatoms. The molecule has 0 atom stereocenters. The molecule has 3 N–H and O–H groups in total. The van der Waals surface area contributed by atoms with Crippen molar-refractivity contribution in [3.63, 3.8) is 0 Å². The molecule has 2 aromatic rings. The van der Waals surface area contributed by atoms with Gasteiger partial charge in [-0.3, -0.25) is 4.79 Å². The number of hydrogen-bond donors (Lipinski definition) is 3. The van der Waals surface area contributed by atoms with Gasteiger partial charge < -0.3 is 10.3 Å². The maximum absolute atomic E-state index is 11.3. The van der Waals surface area contributed by atoms with Crippen LogP contribution in [0.2, 0.25) is 0 Å². The van der Waals surface area contributed by atoms with Crippen molar-refractivity contribution in [3.8, 4) is 0 Å². The van der Waals surface area contributed by atoms with Gasteiger partial charge in [0.2, 0.25) is 0 Å². The highest BCUT2D eigenvalue weighted by molar-refractivity contribution is 5.89. The topological polar surface area (TPSA) is 112 Å². The summed E-state index contributed by atoms with van der Waals surface area (Å²) in [6.07, 6.45) is 3.99. The zero-order chi connectivity index (χ0) is 10.5. The Hall–Kier alpha value is -2.25. The molecule has 2 rings (SSSR count). The van der Waals surface area contributed by atoms with Gasteiger partial charge in [-0.05, 0) is 5.21 Å². The SMILES string of the molecule is O=C(NCCc1cnc[nH]1)c1nn[nH]n1. The van der Waals surface area contributed by atoms with Crippen molar-refractivity contribution >= 4 is 5.91 Å². The number of rotatable bonds is 4. The molecule has 2 aromatic heterocycles. The molecule has 78 valence electrons. The van der Waals surface area contributed by atoms with E-state index in [0.29, 0.717) is 13.0 Å². The fourth-order valence-electron chi connectivity index (χ4n) is 1.07. The summed E-state index contributed by atoms with van der Waals surface area (Å²) in [5.41, 5.74) is 0.961. The summed E-state index contributed by atoms with van der Waals surface area (Å²) in [5, 5.41) is 15.3. The number of hydrogen-bond acceptors (Lipinski definition) is 5. The average Bonchev–Trinajstić information content (AvgIpc) is 2.90. The number of aromatic amines is 2. The van der Waals surface area contributed by atoms with E-state index in [1.807, 2.05) is 0 Å². The van der Waals surface area contributed by atoms with Crippen LogP contribution >= 0.6 is 0 Å². The number of amides is 1. The number of carbonyl (C=O) groups is 1. The number of imidazole rings is 1. The highest BCUT2D eigenvalue weighted by Crippen LogP contribution is 1.91. The van der Waals surface area contributed by atoms with Gasteiger partial charge in [0, 0.05) is 24.9 Å². The molecule has 0 radical (unpaired) electrons. The summed E-state index contributed by atoms with van der Waals surface area (Å²) >= 11 is 0.